The molecule has 0 aromatic carbocycles. The first-order valence-corrected chi connectivity index (χ1v) is 8.12. The van der Waals surface area contributed by atoms with E-state index in [0.29, 0.717) is 11.8 Å². The molecule has 0 fully saturated rings. The van der Waals surface area contributed by atoms with Crippen molar-refractivity contribution in [1.29, 1.82) is 0 Å². The fraction of sp³-hybridized carbons (Fsp3) is 0.800. The molecule has 1 aromatic heterocycles. The first-order valence-electron chi connectivity index (χ1n) is 7.33. The summed E-state index contributed by atoms with van der Waals surface area (Å²) < 4.78 is 8.24. The van der Waals surface area contributed by atoms with Gasteiger partial charge in [0.05, 0.1) is 22.5 Å². The van der Waals surface area contributed by atoms with Gasteiger partial charge in [-0.3, -0.25) is 4.68 Å². The molecule has 0 saturated heterocycles. The summed E-state index contributed by atoms with van der Waals surface area (Å²) in [6.45, 7) is 9.32. The van der Waals surface area contributed by atoms with E-state index in [1.54, 1.807) is 7.11 Å². The van der Waals surface area contributed by atoms with Crippen LogP contribution in [0, 0.1) is 18.8 Å². The molecule has 20 heavy (non-hydrogen) atoms. The van der Waals surface area contributed by atoms with Gasteiger partial charge in [-0.25, -0.2) is 0 Å². The van der Waals surface area contributed by atoms with Crippen LogP contribution in [0.25, 0.3) is 0 Å². The highest BCUT2D eigenvalue weighted by molar-refractivity contribution is 9.10. The van der Waals surface area contributed by atoms with Crippen molar-refractivity contribution < 1.29 is 4.74 Å². The number of ether oxygens (including phenoxy) is 1. The Morgan fingerprint density at radius 3 is 2.60 bits per heavy atom. The lowest BCUT2D eigenvalue weighted by Crippen LogP contribution is -2.28. The zero-order chi connectivity index (χ0) is 15.1. The first kappa shape index (κ1) is 17.7. The van der Waals surface area contributed by atoms with Gasteiger partial charge in [-0.2, -0.15) is 5.10 Å². The number of hydrogen-bond acceptors (Lipinski definition) is 3. The van der Waals surface area contributed by atoms with Crippen molar-refractivity contribution in [2.24, 2.45) is 18.9 Å². The summed E-state index contributed by atoms with van der Waals surface area (Å²) in [5.41, 5.74) is 2.36. The minimum absolute atomic E-state index is 0.623. The second-order valence-corrected chi connectivity index (χ2v) is 6.66. The van der Waals surface area contributed by atoms with Crippen LogP contribution < -0.4 is 5.32 Å². The van der Waals surface area contributed by atoms with Crippen molar-refractivity contribution in [1.82, 2.24) is 15.1 Å². The highest BCUT2D eigenvalue weighted by Gasteiger charge is 2.17. The second-order valence-electron chi connectivity index (χ2n) is 5.87. The van der Waals surface area contributed by atoms with E-state index >= 15 is 0 Å². The van der Waals surface area contributed by atoms with E-state index in [0.717, 1.165) is 36.3 Å². The summed E-state index contributed by atoms with van der Waals surface area (Å²) in [7, 11) is 3.76. The summed E-state index contributed by atoms with van der Waals surface area (Å²) in [5.74, 6) is 1.33. The van der Waals surface area contributed by atoms with E-state index in [1.807, 2.05) is 18.7 Å². The molecule has 0 aliphatic rings. The molecule has 0 aliphatic heterocycles. The summed E-state index contributed by atoms with van der Waals surface area (Å²) in [5, 5.41) is 7.97. The second kappa shape index (κ2) is 8.80. The quantitative estimate of drug-likeness (QED) is 0.699. The molecule has 0 radical (unpaired) electrons. The predicted molar refractivity (Wildman–Crippen MR) is 87.0 cm³/mol. The van der Waals surface area contributed by atoms with Crippen LogP contribution in [0.2, 0.25) is 0 Å². The largest absolute Gasteiger partial charge is 0.383 e. The Balaban J connectivity index is 2.63. The normalized spacial score (nSPS) is 13.2. The maximum atomic E-state index is 5.08. The number of halogens is 1. The molecular formula is C15H28BrN3O. The Kier molecular flexibility index (Phi) is 7.77. The van der Waals surface area contributed by atoms with E-state index in [2.05, 4.69) is 40.2 Å². The van der Waals surface area contributed by atoms with Gasteiger partial charge < -0.3 is 10.1 Å². The Morgan fingerprint density at radius 2 is 2.10 bits per heavy atom. The average Bonchev–Trinajstić information content (AvgIpc) is 2.60. The molecule has 1 unspecified atom stereocenters. The molecule has 0 aliphatic carbocycles. The topological polar surface area (TPSA) is 39.1 Å². The van der Waals surface area contributed by atoms with Gasteiger partial charge in [0.2, 0.25) is 0 Å². The summed E-state index contributed by atoms with van der Waals surface area (Å²) >= 11 is 3.67. The van der Waals surface area contributed by atoms with Gasteiger partial charge >= 0.3 is 0 Å². The van der Waals surface area contributed by atoms with E-state index < -0.39 is 0 Å². The van der Waals surface area contributed by atoms with Crippen molar-refractivity contribution in [3.05, 3.63) is 15.9 Å². The van der Waals surface area contributed by atoms with Crippen molar-refractivity contribution in [2.75, 3.05) is 26.8 Å². The predicted octanol–water partition coefficient (Wildman–Crippen LogP) is 2.93. The molecule has 1 N–H and O–H groups in total. The summed E-state index contributed by atoms with van der Waals surface area (Å²) in [4.78, 5) is 0. The molecule has 0 amide bonds. The number of rotatable bonds is 9. The maximum Gasteiger partial charge on any atom is 0.0738 e. The third-order valence-corrected chi connectivity index (χ3v) is 4.50. The monoisotopic (exact) mass is 345 g/mol. The zero-order valence-electron chi connectivity index (χ0n) is 13.4. The van der Waals surface area contributed by atoms with Crippen LogP contribution in [0.3, 0.4) is 0 Å². The minimum Gasteiger partial charge on any atom is -0.383 e. The lowest BCUT2D eigenvalue weighted by atomic mass is 9.92. The molecule has 0 bridgehead atoms. The van der Waals surface area contributed by atoms with Crippen LogP contribution in [0.4, 0.5) is 0 Å². The fourth-order valence-corrected chi connectivity index (χ4v) is 3.06. The Bertz CT molecular complexity index is 404. The molecule has 1 aromatic rings. The molecule has 0 saturated carbocycles. The SMILES string of the molecule is COCCNCC(Cc1c(Br)c(C)nn1C)CC(C)C. The first-order chi connectivity index (χ1) is 9.45. The maximum absolute atomic E-state index is 5.08. The Labute approximate surface area is 131 Å². The molecule has 1 heterocycles. The molecule has 5 heteroatoms. The van der Waals surface area contributed by atoms with Crippen LogP contribution in [-0.2, 0) is 18.2 Å². The smallest absolute Gasteiger partial charge is 0.0738 e. The molecule has 0 spiro atoms. The third-order valence-electron chi connectivity index (χ3n) is 3.46. The van der Waals surface area contributed by atoms with E-state index in [-0.39, 0.29) is 0 Å². The van der Waals surface area contributed by atoms with Gasteiger partial charge in [0.25, 0.3) is 0 Å². The summed E-state index contributed by atoms with van der Waals surface area (Å²) in [6, 6.07) is 0. The number of aryl methyl sites for hydroxylation is 2. The van der Waals surface area contributed by atoms with Gasteiger partial charge in [-0.15, -0.1) is 0 Å². The van der Waals surface area contributed by atoms with Crippen LogP contribution in [0.1, 0.15) is 31.7 Å². The molecule has 4 nitrogen and oxygen atoms in total. The average molecular weight is 346 g/mol. The van der Waals surface area contributed by atoms with E-state index in [1.165, 1.54) is 12.1 Å². The standard InChI is InChI=1S/C15H28BrN3O/c1-11(2)8-13(10-17-6-7-20-5)9-14-15(16)12(3)18-19(14)4/h11,13,17H,6-10H2,1-5H3. The van der Waals surface area contributed by atoms with Crippen molar-refractivity contribution in [3.8, 4) is 0 Å². The highest BCUT2D eigenvalue weighted by atomic mass is 79.9. The Morgan fingerprint density at radius 1 is 1.40 bits per heavy atom. The lowest BCUT2D eigenvalue weighted by molar-refractivity contribution is 0.197. The molecule has 116 valence electrons. The van der Waals surface area contributed by atoms with Crippen molar-refractivity contribution in [3.63, 3.8) is 0 Å². The van der Waals surface area contributed by atoms with Gasteiger partial charge in [-0.1, -0.05) is 13.8 Å². The number of methoxy groups -OCH3 is 1. The third kappa shape index (κ3) is 5.54. The van der Waals surface area contributed by atoms with Crippen LogP contribution >= 0.6 is 15.9 Å². The van der Waals surface area contributed by atoms with Crippen LogP contribution in [0.5, 0.6) is 0 Å². The van der Waals surface area contributed by atoms with Crippen molar-refractivity contribution >= 4 is 15.9 Å². The van der Waals surface area contributed by atoms with Crippen molar-refractivity contribution in [2.45, 2.75) is 33.6 Å². The van der Waals surface area contributed by atoms with Crippen LogP contribution in [-0.4, -0.2) is 36.6 Å². The van der Waals surface area contributed by atoms with Crippen LogP contribution in [0.15, 0.2) is 4.47 Å². The van der Waals surface area contributed by atoms with E-state index in [4.69, 9.17) is 4.74 Å². The molecule has 1 rings (SSSR count). The number of nitrogens with one attached hydrogen (secondary N) is 1. The summed E-state index contributed by atoms with van der Waals surface area (Å²) in [6.07, 6.45) is 2.27. The van der Waals surface area contributed by atoms with Gasteiger partial charge in [-0.05, 0) is 54.1 Å². The number of hydrogen-bond donors (Lipinski definition) is 1. The number of aromatic nitrogens is 2. The zero-order valence-corrected chi connectivity index (χ0v) is 15.0. The minimum atomic E-state index is 0.623. The highest BCUT2D eigenvalue weighted by Crippen LogP contribution is 2.25. The van der Waals surface area contributed by atoms with Gasteiger partial charge in [0.15, 0.2) is 0 Å². The Hall–Kier alpha value is -0.390. The lowest BCUT2D eigenvalue weighted by Gasteiger charge is -2.20. The van der Waals surface area contributed by atoms with E-state index in [9.17, 15) is 0 Å². The number of nitrogens with zero attached hydrogens (tertiary/aromatic N) is 2. The van der Waals surface area contributed by atoms with Gasteiger partial charge in [0, 0.05) is 20.7 Å². The molecular weight excluding hydrogens is 318 g/mol. The van der Waals surface area contributed by atoms with Gasteiger partial charge in [0.1, 0.15) is 0 Å². The molecule has 1 atom stereocenters. The fourth-order valence-electron chi connectivity index (χ4n) is 2.56.